The number of morpholine rings is 1. The molecule has 0 aromatic carbocycles. The molecular weight excluding hydrogens is 354 g/mol. The van der Waals surface area contributed by atoms with Gasteiger partial charge in [-0.25, -0.2) is 4.98 Å². The Morgan fingerprint density at radius 2 is 2.11 bits per heavy atom. The molecule has 0 bridgehead atoms. The summed E-state index contributed by atoms with van der Waals surface area (Å²) in [4.78, 5) is 7.37. The Balaban J connectivity index is 1.71. The highest BCUT2D eigenvalue weighted by molar-refractivity contribution is 5.92. The van der Waals surface area contributed by atoms with Gasteiger partial charge in [0.05, 0.1) is 30.8 Å². The van der Waals surface area contributed by atoms with Crippen LogP contribution in [0.2, 0.25) is 0 Å². The van der Waals surface area contributed by atoms with Crippen LogP contribution >= 0.6 is 0 Å². The second-order valence-electron chi connectivity index (χ2n) is 7.96. The van der Waals surface area contributed by atoms with E-state index in [0.717, 1.165) is 42.4 Å². The number of nitrogen functional groups attached to an aromatic ring is 1. The fourth-order valence-corrected chi connectivity index (χ4v) is 4.64. The fourth-order valence-electron chi connectivity index (χ4n) is 4.64. The molecule has 2 aliphatic rings. The zero-order chi connectivity index (χ0) is 19.1. The molecule has 1 aliphatic carbocycles. The lowest BCUT2D eigenvalue weighted by Crippen LogP contribution is -2.44. The number of hydrogen-bond acceptors (Lipinski definition) is 6. The van der Waals surface area contributed by atoms with E-state index >= 15 is 0 Å². The smallest absolute Gasteiger partial charge is 0.169 e. The monoisotopic (exact) mass is 381 g/mol. The molecule has 1 aliphatic heterocycles. The van der Waals surface area contributed by atoms with Crippen LogP contribution in [0.5, 0.6) is 0 Å². The molecular formula is C20H27N7O. The predicted molar refractivity (Wildman–Crippen MR) is 109 cm³/mol. The molecule has 0 amide bonds. The molecule has 28 heavy (non-hydrogen) atoms. The first kappa shape index (κ1) is 17.5. The van der Waals surface area contributed by atoms with Gasteiger partial charge < -0.3 is 15.4 Å². The normalized spacial score (nSPS) is 21.5. The number of nitrogens with zero attached hydrogens (tertiary/aromatic N) is 5. The van der Waals surface area contributed by atoms with Gasteiger partial charge >= 0.3 is 0 Å². The van der Waals surface area contributed by atoms with Crippen molar-refractivity contribution < 1.29 is 4.74 Å². The van der Waals surface area contributed by atoms with Gasteiger partial charge in [-0.1, -0.05) is 19.3 Å². The summed E-state index contributed by atoms with van der Waals surface area (Å²) in [5.74, 6) is 2.82. The standard InChI is InChI=1S/C20H27N7O/c1-13-12-28-10-9-26(13)17-11-15(14-5-3-2-4-6-14)18-19(21)25-27(20(18)23-17)16-7-8-22-24-16/h7-8,11,13-14H,2-6,9-10,12H2,1H3,(H2,21,25)(H,22,24). The molecule has 2 fully saturated rings. The Labute approximate surface area is 164 Å². The number of rotatable bonds is 3. The topological polar surface area (TPSA) is 97.9 Å². The van der Waals surface area contributed by atoms with Crippen LogP contribution in [0.1, 0.15) is 50.5 Å². The van der Waals surface area contributed by atoms with E-state index in [1.807, 2.05) is 6.07 Å². The summed E-state index contributed by atoms with van der Waals surface area (Å²) in [6.07, 6.45) is 7.98. The summed E-state index contributed by atoms with van der Waals surface area (Å²) in [5, 5.41) is 12.7. The molecule has 4 heterocycles. The molecule has 1 saturated heterocycles. The highest BCUT2D eigenvalue weighted by atomic mass is 16.5. The molecule has 0 spiro atoms. The van der Waals surface area contributed by atoms with Crippen molar-refractivity contribution in [3.63, 3.8) is 0 Å². The number of nitrogens with two attached hydrogens (primary N) is 1. The molecule has 8 nitrogen and oxygen atoms in total. The van der Waals surface area contributed by atoms with Gasteiger partial charge in [0, 0.05) is 12.6 Å². The van der Waals surface area contributed by atoms with Crippen LogP contribution in [0.3, 0.4) is 0 Å². The number of aromatic nitrogens is 5. The van der Waals surface area contributed by atoms with Crippen LogP contribution < -0.4 is 10.6 Å². The Morgan fingerprint density at radius 3 is 2.86 bits per heavy atom. The third kappa shape index (κ3) is 2.92. The van der Waals surface area contributed by atoms with E-state index in [4.69, 9.17) is 15.5 Å². The minimum atomic E-state index is 0.291. The third-order valence-electron chi connectivity index (χ3n) is 6.10. The Morgan fingerprint density at radius 1 is 1.25 bits per heavy atom. The van der Waals surface area contributed by atoms with Crippen molar-refractivity contribution in [2.75, 3.05) is 30.4 Å². The van der Waals surface area contributed by atoms with Crippen LogP contribution in [0, 0.1) is 0 Å². The summed E-state index contributed by atoms with van der Waals surface area (Å²) in [5.41, 5.74) is 8.50. The van der Waals surface area contributed by atoms with Gasteiger partial charge in [0.15, 0.2) is 17.3 Å². The van der Waals surface area contributed by atoms with Gasteiger partial charge in [0.25, 0.3) is 0 Å². The summed E-state index contributed by atoms with van der Waals surface area (Å²) in [7, 11) is 0. The van der Waals surface area contributed by atoms with Gasteiger partial charge in [-0.05, 0) is 37.3 Å². The van der Waals surface area contributed by atoms with Crippen LogP contribution in [-0.2, 0) is 4.74 Å². The van der Waals surface area contributed by atoms with Crippen molar-refractivity contribution in [1.82, 2.24) is 25.0 Å². The van der Waals surface area contributed by atoms with Crippen molar-refractivity contribution in [2.24, 2.45) is 0 Å². The van der Waals surface area contributed by atoms with E-state index in [1.165, 1.54) is 37.7 Å². The number of hydrogen-bond donors (Lipinski definition) is 2. The quantitative estimate of drug-likeness (QED) is 0.724. The molecule has 0 radical (unpaired) electrons. The van der Waals surface area contributed by atoms with E-state index in [-0.39, 0.29) is 0 Å². The van der Waals surface area contributed by atoms with E-state index < -0.39 is 0 Å². The summed E-state index contributed by atoms with van der Waals surface area (Å²) >= 11 is 0. The maximum Gasteiger partial charge on any atom is 0.169 e. The first-order valence-electron chi connectivity index (χ1n) is 10.3. The second kappa shape index (κ2) is 7.09. The van der Waals surface area contributed by atoms with Gasteiger partial charge in [-0.2, -0.15) is 9.78 Å². The zero-order valence-corrected chi connectivity index (χ0v) is 16.3. The van der Waals surface area contributed by atoms with Crippen molar-refractivity contribution in [2.45, 2.75) is 51.0 Å². The molecule has 3 aromatic heterocycles. The van der Waals surface area contributed by atoms with Crippen LogP contribution in [0.4, 0.5) is 11.6 Å². The summed E-state index contributed by atoms with van der Waals surface area (Å²) in [6.45, 7) is 4.48. The van der Waals surface area contributed by atoms with Gasteiger partial charge in [-0.15, -0.1) is 5.10 Å². The number of aromatic amines is 1. The Bertz CT molecular complexity index is 959. The molecule has 148 valence electrons. The summed E-state index contributed by atoms with van der Waals surface area (Å²) < 4.78 is 7.42. The van der Waals surface area contributed by atoms with Crippen LogP contribution in [-0.4, -0.2) is 50.8 Å². The van der Waals surface area contributed by atoms with Crippen LogP contribution in [0.25, 0.3) is 16.9 Å². The van der Waals surface area contributed by atoms with Crippen molar-refractivity contribution in [3.8, 4) is 5.82 Å². The number of pyridine rings is 1. The number of fused-ring (bicyclic) bond motifs is 1. The first-order chi connectivity index (χ1) is 13.7. The average molecular weight is 381 g/mol. The number of H-pyrrole nitrogens is 1. The second-order valence-corrected chi connectivity index (χ2v) is 7.96. The van der Waals surface area contributed by atoms with Crippen LogP contribution in [0.15, 0.2) is 18.3 Å². The van der Waals surface area contributed by atoms with Gasteiger partial charge in [-0.3, -0.25) is 5.10 Å². The Hall–Kier alpha value is -2.61. The van der Waals surface area contributed by atoms with E-state index in [2.05, 4.69) is 33.2 Å². The number of anilines is 2. The highest BCUT2D eigenvalue weighted by Crippen LogP contribution is 2.40. The molecule has 8 heteroatoms. The molecule has 5 rings (SSSR count). The maximum atomic E-state index is 6.41. The van der Waals surface area contributed by atoms with E-state index in [9.17, 15) is 0 Å². The lowest BCUT2D eigenvalue weighted by atomic mass is 9.83. The largest absolute Gasteiger partial charge is 0.382 e. The number of ether oxygens (including phenoxy) is 1. The van der Waals surface area contributed by atoms with Gasteiger partial charge in [0.2, 0.25) is 0 Å². The molecule has 1 saturated carbocycles. The molecule has 1 atom stereocenters. The minimum absolute atomic E-state index is 0.291. The van der Waals surface area contributed by atoms with E-state index in [1.54, 1.807) is 10.9 Å². The zero-order valence-electron chi connectivity index (χ0n) is 16.3. The molecule has 1 unspecified atom stereocenters. The highest BCUT2D eigenvalue weighted by Gasteiger charge is 2.27. The van der Waals surface area contributed by atoms with Crippen molar-refractivity contribution in [3.05, 3.63) is 23.9 Å². The molecule has 3 aromatic rings. The van der Waals surface area contributed by atoms with E-state index in [0.29, 0.717) is 17.8 Å². The average Bonchev–Trinajstić information content (AvgIpc) is 3.37. The van der Waals surface area contributed by atoms with Crippen molar-refractivity contribution >= 4 is 22.7 Å². The Kier molecular flexibility index (Phi) is 4.43. The SMILES string of the molecule is CC1COCCN1c1cc(C2CCCCC2)c2c(N)nn(-c3ccn[nH]3)c2n1. The molecule has 3 N–H and O–H groups in total. The lowest BCUT2D eigenvalue weighted by molar-refractivity contribution is 0.0985. The maximum absolute atomic E-state index is 6.41. The lowest BCUT2D eigenvalue weighted by Gasteiger charge is -2.35. The van der Waals surface area contributed by atoms with Gasteiger partial charge in [0.1, 0.15) is 5.82 Å². The predicted octanol–water partition coefficient (Wildman–Crippen LogP) is 3.00. The fraction of sp³-hybridized carbons (Fsp3) is 0.550. The summed E-state index contributed by atoms with van der Waals surface area (Å²) in [6, 6.07) is 4.44. The van der Waals surface area contributed by atoms with Crippen molar-refractivity contribution in [1.29, 1.82) is 0 Å². The number of nitrogens with one attached hydrogen (secondary N) is 1. The third-order valence-corrected chi connectivity index (χ3v) is 6.10. The first-order valence-corrected chi connectivity index (χ1v) is 10.3. The minimum Gasteiger partial charge on any atom is -0.382 e.